The summed E-state index contributed by atoms with van der Waals surface area (Å²) in [5.41, 5.74) is 2.20. The number of hydrogen-bond acceptors (Lipinski definition) is 3. The number of nitrogens with zero attached hydrogens (tertiary/aromatic N) is 2. The molecule has 0 aromatic carbocycles. The lowest BCUT2D eigenvalue weighted by Crippen LogP contribution is -2.32. The molecular formula is C13H25N3O. The van der Waals surface area contributed by atoms with Gasteiger partial charge >= 0.3 is 0 Å². The van der Waals surface area contributed by atoms with Crippen LogP contribution in [0.4, 0.5) is 0 Å². The normalized spacial score (nSPS) is 13.1. The SMILES string of the molecule is CCC(NCc1c(C)nn(C)c1OC)C(C)C. The molecule has 1 heterocycles. The second kappa shape index (κ2) is 6.05. The van der Waals surface area contributed by atoms with Crippen molar-refractivity contribution in [1.82, 2.24) is 15.1 Å². The van der Waals surface area contributed by atoms with Crippen molar-refractivity contribution < 1.29 is 4.74 Å². The molecule has 0 fully saturated rings. The molecule has 0 aliphatic rings. The minimum absolute atomic E-state index is 0.541. The lowest BCUT2D eigenvalue weighted by Gasteiger charge is -2.20. The van der Waals surface area contributed by atoms with Gasteiger partial charge in [-0.05, 0) is 19.3 Å². The summed E-state index contributed by atoms with van der Waals surface area (Å²) in [6, 6.07) is 0.541. The fourth-order valence-corrected chi connectivity index (χ4v) is 2.22. The van der Waals surface area contributed by atoms with E-state index in [9.17, 15) is 0 Å². The van der Waals surface area contributed by atoms with E-state index in [1.54, 1.807) is 11.8 Å². The molecular weight excluding hydrogens is 214 g/mol. The molecule has 1 N–H and O–H groups in total. The Kier molecular flexibility index (Phi) is 5.00. The van der Waals surface area contributed by atoms with Crippen molar-refractivity contribution in [3.8, 4) is 5.88 Å². The first kappa shape index (κ1) is 14.0. The smallest absolute Gasteiger partial charge is 0.216 e. The van der Waals surface area contributed by atoms with Crippen LogP contribution < -0.4 is 10.1 Å². The van der Waals surface area contributed by atoms with Crippen molar-refractivity contribution in [2.24, 2.45) is 13.0 Å². The Hall–Kier alpha value is -1.03. The molecule has 0 saturated carbocycles. The summed E-state index contributed by atoms with van der Waals surface area (Å²) in [5, 5.41) is 7.96. The summed E-state index contributed by atoms with van der Waals surface area (Å²) in [6.45, 7) is 9.55. The van der Waals surface area contributed by atoms with Crippen LogP contribution in [0.15, 0.2) is 0 Å². The van der Waals surface area contributed by atoms with E-state index in [2.05, 4.69) is 31.2 Å². The molecule has 98 valence electrons. The highest BCUT2D eigenvalue weighted by Gasteiger charge is 2.16. The molecule has 1 atom stereocenters. The zero-order valence-electron chi connectivity index (χ0n) is 11.9. The molecule has 1 aromatic rings. The van der Waals surface area contributed by atoms with Crippen LogP contribution in [0, 0.1) is 12.8 Å². The van der Waals surface area contributed by atoms with Gasteiger partial charge in [0.25, 0.3) is 0 Å². The summed E-state index contributed by atoms with van der Waals surface area (Å²) >= 11 is 0. The lowest BCUT2D eigenvalue weighted by atomic mass is 10.0. The summed E-state index contributed by atoms with van der Waals surface area (Å²) in [6.07, 6.45) is 1.14. The molecule has 0 radical (unpaired) electrons. The van der Waals surface area contributed by atoms with Crippen LogP contribution in [0.5, 0.6) is 5.88 Å². The van der Waals surface area contributed by atoms with E-state index in [0.29, 0.717) is 12.0 Å². The van der Waals surface area contributed by atoms with Crippen LogP contribution in [0.2, 0.25) is 0 Å². The predicted octanol–water partition coefficient (Wildman–Crippen LogP) is 2.26. The Morgan fingerprint density at radius 2 is 2.06 bits per heavy atom. The van der Waals surface area contributed by atoms with Crippen molar-refractivity contribution in [1.29, 1.82) is 0 Å². The molecule has 0 amide bonds. The van der Waals surface area contributed by atoms with Crippen LogP contribution >= 0.6 is 0 Å². The van der Waals surface area contributed by atoms with E-state index >= 15 is 0 Å². The highest BCUT2D eigenvalue weighted by atomic mass is 16.5. The first-order valence-corrected chi connectivity index (χ1v) is 6.31. The molecule has 4 heteroatoms. The number of hydrogen-bond donors (Lipinski definition) is 1. The summed E-state index contributed by atoms with van der Waals surface area (Å²) in [5.74, 6) is 1.50. The van der Waals surface area contributed by atoms with E-state index in [1.807, 2.05) is 14.0 Å². The molecule has 1 aromatic heterocycles. The highest BCUT2D eigenvalue weighted by molar-refractivity contribution is 5.30. The topological polar surface area (TPSA) is 39.1 Å². The quantitative estimate of drug-likeness (QED) is 0.827. The summed E-state index contributed by atoms with van der Waals surface area (Å²) in [7, 11) is 3.61. The maximum absolute atomic E-state index is 5.38. The molecule has 0 saturated heterocycles. The Balaban J connectivity index is 2.74. The van der Waals surface area contributed by atoms with E-state index in [4.69, 9.17) is 4.74 Å². The molecule has 1 unspecified atom stereocenters. The van der Waals surface area contributed by atoms with Gasteiger partial charge < -0.3 is 10.1 Å². The van der Waals surface area contributed by atoms with Gasteiger partial charge in [0.15, 0.2) is 0 Å². The third kappa shape index (κ3) is 3.22. The number of nitrogens with one attached hydrogen (secondary N) is 1. The van der Waals surface area contributed by atoms with Crippen LogP contribution in [0.1, 0.15) is 38.4 Å². The Morgan fingerprint density at radius 1 is 1.41 bits per heavy atom. The molecule has 0 aliphatic carbocycles. The third-order valence-corrected chi connectivity index (χ3v) is 3.27. The van der Waals surface area contributed by atoms with Crippen LogP contribution in [-0.2, 0) is 13.6 Å². The van der Waals surface area contributed by atoms with Crippen molar-refractivity contribution in [2.45, 2.75) is 46.7 Å². The second-order valence-corrected chi connectivity index (χ2v) is 4.84. The van der Waals surface area contributed by atoms with Crippen LogP contribution in [-0.4, -0.2) is 22.9 Å². The maximum Gasteiger partial charge on any atom is 0.216 e. The third-order valence-electron chi connectivity index (χ3n) is 3.27. The van der Waals surface area contributed by atoms with Gasteiger partial charge in [-0.15, -0.1) is 0 Å². The van der Waals surface area contributed by atoms with Gasteiger partial charge in [-0.1, -0.05) is 20.8 Å². The zero-order valence-corrected chi connectivity index (χ0v) is 11.9. The van der Waals surface area contributed by atoms with Crippen LogP contribution in [0.3, 0.4) is 0 Å². The number of ether oxygens (including phenoxy) is 1. The number of aryl methyl sites for hydroxylation is 2. The van der Waals surface area contributed by atoms with Gasteiger partial charge in [-0.2, -0.15) is 5.10 Å². The summed E-state index contributed by atoms with van der Waals surface area (Å²) < 4.78 is 7.18. The first-order valence-electron chi connectivity index (χ1n) is 6.31. The van der Waals surface area contributed by atoms with Gasteiger partial charge in [-0.3, -0.25) is 0 Å². The van der Waals surface area contributed by atoms with Gasteiger partial charge in [0.2, 0.25) is 5.88 Å². The number of aromatic nitrogens is 2. The minimum atomic E-state index is 0.541. The van der Waals surface area contributed by atoms with Gasteiger partial charge in [0.1, 0.15) is 0 Å². The van der Waals surface area contributed by atoms with Crippen molar-refractivity contribution >= 4 is 0 Å². The molecule has 0 spiro atoms. The monoisotopic (exact) mass is 239 g/mol. The second-order valence-electron chi connectivity index (χ2n) is 4.84. The first-order chi connectivity index (χ1) is 8.01. The summed E-state index contributed by atoms with van der Waals surface area (Å²) in [4.78, 5) is 0. The zero-order chi connectivity index (χ0) is 13.0. The van der Waals surface area contributed by atoms with E-state index in [1.165, 1.54) is 0 Å². The van der Waals surface area contributed by atoms with Gasteiger partial charge in [-0.25, -0.2) is 4.68 Å². The molecule has 0 bridgehead atoms. The predicted molar refractivity (Wildman–Crippen MR) is 70.3 cm³/mol. The molecule has 4 nitrogen and oxygen atoms in total. The van der Waals surface area contributed by atoms with Gasteiger partial charge in [0.05, 0.1) is 18.4 Å². The fourth-order valence-electron chi connectivity index (χ4n) is 2.22. The molecule has 0 aliphatic heterocycles. The fraction of sp³-hybridized carbons (Fsp3) is 0.769. The highest BCUT2D eigenvalue weighted by Crippen LogP contribution is 2.21. The van der Waals surface area contributed by atoms with E-state index < -0.39 is 0 Å². The average Bonchev–Trinajstić information content (AvgIpc) is 2.53. The average molecular weight is 239 g/mol. The largest absolute Gasteiger partial charge is 0.481 e. The number of methoxy groups -OCH3 is 1. The Labute approximate surface area is 104 Å². The van der Waals surface area contributed by atoms with Crippen LogP contribution in [0.25, 0.3) is 0 Å². The Bertz CT molecular complexity index is 358. The van der Waals surface area contributed by atoms with Crippen molar-refractivity contribution in [3.05, 3.63) is 11.3 Å². The number of rotatable bonds is 6. The van der Waals surface area contributed by atoms with E-state index in [-0.39, 0.29) is 0 Å². The molecule has 1 rings (SSSR count). The molecule has 17 heavy (non-hydrogen) atoms. The van der Waals surface area contributed by atoms with Crippen molar-refractivity contribution in [2.75, 3.05) is 7.11 Å². The van der Waals surface area contributed by atoms with Crippen molar-refractivity contribution in [3.63, 3.8) is 0 Å². The lowest BCUT2D eigenvalue weighted by molar-refractivity contribution is 0.357. The Morgan fingerprint density at radius 3 is 2.53 bits per heavy atom. The minimum Gasteiger partial charge on any atom is -0.481 e. The van der Waals surface area contributed by atoms with E-state index in [0.717, 1.165) is 30.1 Å². The van der Waals surface area contributed by atoms with Gasteiger partial charge in [0, 0.05) is 19.6 Å². The maximum atomic E-state index is 5.38. The standard InChI is InChI=1S/C13H25N3O/c1-7-12(9(2)3)14-8-11-10(4)15-16(5)13(11)17-6/h9,12,14H,7-8H2,1-6H3.